The van der Waals surface area contributed by atoms with Gasteiger partial charge in [0.05, 0.1) is 0 Å². The Morgan fingerprint density at radius 1 is 0.958 bits per heavy atom. The van der Waals surface area contributed by atoms with Crippen molar-refractivity contribution in [1.82, 2.24) is 5.32 Å². The zero-order valence-corrected chi connectivity index (χ0v) is 13.3. The number of fused-ring (bicyclic) bond motifs is 2. The number of rotatable bonds is 4. The highest BCUT2D eigenvalue weighted by Crippen LogP contribution is 2.27. The first-order chi connectivity index (χ1) is 11.6. The molecule has 0 aromatic heterocycles. The van der Waals surface area contributed by atoms with Gasteiger partial charge in [-0.3, -0.25) is 9.59 Å². The summed E-state index contributed by atoms with van der Waals surface area (Å²) in [7, 11) is 0. The summed E-state index contributed by atoms with van der Waals surface area (Å²) in [6.07, 6.45) is 0.326. The monoisotopic (exact) mass is 323 g/mol. The second-order valence-corrected chi connectivity index (χ2v) is 5.59. The standard InChI is InChI=1S/C19H17NO4/c1-2-9-20-19(23)24-11-12-7-8-15-16(10-12)18(22)14-6-4-3-5-13(14)17(15)21/h3-8,10H,2,9,11H2,1H3,(H,20,23). The third kappa shape index (κ3) is 2.93. The van der Waals surface area contributed by atoms with Crippen LogP contribution in [0.5, 0.6) is 0 Å². The molecule has 0 atom stereocenters. The van der Waals surface area contributed by atoms with Gasteiger partial charge < -0.3 is 10.1 Å². The van der Waals surface area contributed by atoms with E-state index in [1.165, 1.54) is 0 Å². The Hall–Kier alpha value is -2.95. The van der Waals surface area contributed by atoms with Gasteiger partial charge in [0.15, 0.2) is 11.6 Å². The summed E-state index contributed by atoms with van der Waals surface area (Å²) < 4.78 is 5.11. The zero-order valence-electron chi connectivity index (χ0n) is 13.3. The molecular formula is C19H17NO4. The molecular weight excluding hydrogens is 306 g/mol. The number of ketones is 2. The molecule has 0 unspecified atom stereocenters. The Morgan fingerprint density at radius 3 is 2.25 bits per heavy atom. The average Bonchev–Trinajstić information content (AvgIpc) is 2.62. The predicted octanol–water partition coefficient (Wildman–Crippen LogP) is 3.10. The quantitative estimate of drug-likeness (QED) is 0.801. The van der Waals surface area contributed by atoms with E-state index in [1.807, 2.05) is 6.92 Å². The molecule has 122 valence electrons. The van der Waals surface area contributed by atoms with E-state index >= 15 is 0 Å². The zero-order chi connectivity index (χ0) is 17.1. The van der Waals surface area contributed by atoms with Crippen LogP contribution in [-0.2, 0) is 11.3 Å². The molecule has 0 saturated heterocycles. The Morgan fingerprint density at radius 2 is 1.58 bits per heavy atom. The first-order valence-corrected chi connectivity index (χ1v) is 7.83. The fourth-order valence-electron chi connectivity index (χ4n) is 2.66. The lowest BCUT2D eigenvalue weighted by Crippen LogP contribution is -2.25. The lowest BCUT2D eigenvalue weighted by Gasteiger charge is -2.18. The van der Waals surface area contributed by atoms with Gasteiger partial charge in [-0.25, -0.2) is 4.79 Å². The minimum Gasteiger partial charge on any atom is -0.445 e. The number of amides is 1. The first-order valence-electron chi connectivity index (χ1n) is 7.83. The van der Waals surface area contributed by atoms with E-state index in [0.717, 1.165) is 6.42 Å². The second-order valence-electron chi connectivity index (χ2n) is 5.59. The van der Waals surface area contributed by atoms with Crippen molar-refractivity contribution in [1.29, 1.82) is 0 Å². The van der Waals surface area contributed by atoms with Crippen LogP contribution in [0.25, 0.3) is 0 Å². The molecule has 1 amide bonds. The predicted molar refractivity (Wildman–Crippen MR) is 88.2 cm³/mol. The number of ether oxygens (including phenoxy) is 1. The molecule has 0 bridgehead atoms. The topological polar surface area (TPSA) is 72.5 Å². The molecule has 2 aromatic carbocycles. The van der Waals surface area contributed by atoms with E-state index in [-0.39, 0.29) is 18.2 Å². The van der Waals surface area contributed by atoms with Crippen molar-refractivity contribution in [3.05, 3.63) is 70.3 Å². The first kappa shape index (κ1) is 15.9. The van der Waals surface area contributed by atoms with Crippen molar-refractivity contribution in [2.75, 3.05) is 6.54 Å². The van der Waals surface area contributed by atoms with E-state index in [0.29, 0.717) is 34.4 Å². The second kappa shape index (κ2) is 6.66. The third-order valence-corrected chi connectivity index (χ3v) is 3.88. The fourth-order valence-corrected chi connectivity index (χ4v) is 2.66. The molecule has 0 heterocycles. The maximum atomic E-state index is 12.6. The van der Waals surface area contributed by atoms with Crippen molar-refractivity contribution >= 4 is 17.7 Å². The summed E-state index contributed by atoms with van der Waals surface area (Å²) in [5.41, 5.74) is 2.25. The van der Waals surface area contributed by atoms with E-state index < -0.39 is 6.09 Å². The highest BCUT2D eigenvalue weighted by Gasteiger charge is 2.29. The summed E-state index contributed by atoms with van der Waals surface area (Å²) in [6, 6.07) is 11.7. The molecule has 24 heavy (non-hydrogen) atoms. The van der Waals surface area contributed by atoms with Crippen molar-refractivity contribution < 1.29 is 19.1 Å². The largest absolute Gasteiger partial charge is 0.445 e. The van der Waals surface area contributed by atoms with Crippen LogP contribution >= 0.6 is 0 Å². The van der Waals surface area contributed by atoms with E-state index in [1.54, 1.807) is 42.5 Å². The minimum atomic E-state index is -0.498. The van der Waals surface area contributed by atoms with Gasteiger partial charge in [0.1, 0.15) is 6.61 Å². The maximum absolute atomic E-state index is 12.6. The van der Waals surface area contributed by atoms with Crippen LogP contribution in [0.15, 0.2) is 42.5 Å². The van der Waals surface area contributed by atoms with E-state index in [9.17, 15) is 14.4 Å². The molecule has 0 fully saturated rings. The van der Waals surface area contributed by atoms with Crippen LogP contribution in [-0.4, -0.2) is 24.2 Å². The SMILES string of the molecule is CCCNC(=O)OCc1ccc2c(c1)C(=O)c1ccccc1C2=O. The molecule has 0 radical (unpaired) electrons. The molecule has 3 rings (SSSR count). The number of alkyl carbamates (subject to hydrolysis) is 1. The minimum absolute atomic E-state index is 0.0476. The number of carbonyl (C=O) groups is 3. The fraction of sp³-hybridized carbons (Fsp3) is 0.211. The van der Waals surface area contributed by atoms with Crippen molar-refractivity contribution in [3.8, 4) is 0 Å². The van der Waals surface area contributed by atoms with Crippen LogP contribution in [0, 0.1) is 0 Å². The van der Waals surface area contributed by atoms with Gasteiger partial charge in [-0.15, -0.1) is 0 Å². The van der Waals surface area contributed by atoms with E-state index in [4.69, 9.17) is 4.74 Å². The molecule has 1 aliphatic rings. The van der Waals surface area contributed by atoms with Gasteiger partial charge in [0.2, 0.25) is 0 Å². The van der Waals surface area contributed by atoms with Crippen LogP contribution in [0.4, 0.5) is 4.79 Å². The molecule has 2 aromatic rings. The van der Waals surface area contributed by atoms with Gasteiger partial charge in [-0.2, -0.15) is 0 Å². The Labute approximate surface area is 139 Å². The lowest BCUT2D eigenvalue weighted by molar-refractivity contribution is 0.0978. The van der Waals surface area contributed by atoms with Crippen LogP contribution in [0.2, 0.25) is 0 Å². The molecule has 5 nitrogen and oxygen atoms in total. The van der Waals surface area contributed by atoms with Gasteiger partial charge in [-0.1, -0.05) is 37.3 Å². The summed E-state index contributed by atoms with van der Waals surface area (Å²) in [5, 5.41) is 2.61. The van der Waals surface area contributed by atoms with Crippen LogP contribution < -0.4 is 5.32 Å². The number of hydrogen-bond acceptors (Lipinski definition) is 4. The average molecular weight is 323 g/mol. The summed E-state index contributed by atoms with van der Waals surface area (Å²) in [6.45, 7) is 2.54. The van der Waals surface area contributed by atoms with Gasteiger partial charge in [0, 0.05) is 28.8 Å². The Bertz CT molecular complexity index is 826. The molecule has 1 N–H and O–H groups in total. The smallest absolute Gasteiger partial charge is 0.407 e. The van der Waals surface area contributed by atoms with Gasteiger partial charge in [0.25, 0.3) is 0 Å². The van der Waals surface area contributed by atoms with Crippen molar-refractivity contribution in [2.45, 2.75) is 20.0 Å². The molecule has 5 heteroatoms. The maximum Gasteiger partial charge on any atom is 0.407 e. The molecule has 1 aliphatic carbocycles. The van der Waals surface area contributed by atoms with E-state index in [2.05, 4.69) is 5.32 Å². The number of hydrogen-bond donors (Lipinski definition) is 1. The summed E-state index contributed by atoms with van der Waals surface area (Å²) in [4.78, 5) is 36.6. The lowest BCUT2D eigenvalue weighted by atomic mass is 9.83. The summed E-state index contributed by atoms with van der Waals surface area (Å²) in [5.74, 6) is -0.342. The third-order valence-electron chi connectivity index (χ3n) is 3.88. The summed E-state index contributed by atoms with van der Waals surface area (Å²) >= 11 is 0. The number of carbonyl (C=O) groups excluding carboxylic acids is 3. The Kier molecular flexibility index (Phi) is 4.42. The molecule has 0 aliphatic heterocycles. The van der Waals surface area contributed by atoms with Crippen molar-refractivity contribution in [2.24, 2.45) is 0 Å². The molecule has 0 spiro atoms. The number of benzene rings is 2. The number of nitrogens with one attached hydrogen (secondary N) is 1. The van der Waals surface area contributed by atoms with Gasteiger partial charge >= 0.3 is 6.09 Å². The normalized spacial score (nSPS) is 12.4. The highest BCUT2D eigenvalue weighted by atomic mass is 16.5. The van der Waals surface area contributed by atoms with Crippen LogP contribution in [0.3, 0.4) is 0 Å². The molecule has 0 saturated carbocycles. The Balaban J connectivity index is 1.82. The van der Waals surface area contributed by atoms with Crippen molar-refractivity contribution in [3.63, 3.8) is 0 Å². The highest BCUT2D eigenvalue weighted by molar-refractivity contribution is 6.28. The van der Waals surface area contributed by atoms with Crippen LogP contribution in [0.1, 0.15) is 50.8 Å². The van der Waals surface area contributed by atoms with Gasteiger partial charge in [-0.05, 0) is 24.1 Å².